The van der Waals surface area contributed by atoms with Gasteiger partial charge < -0.3 is 9.67 Å². The first kappa shape index (κ1) is 15.6. The Bertz CT molecular complexity index is 756. The summed E-state index contributed by atoms with van der Waals surface area (Å²) in [6, 6.07) is 7.27. The van der Waals surface area contributed by atoms with Crippen LogP contribution in [0.1, 0.15) is 18.9 Å². The topological polar surface area (TPSA) is 68.0 Å². The van der Waals surface area contributed by atoms with Crippen molar-refractivity contribution in [3.8, 4) is 0 Å². The highest BCUT2D eigenvalue weighted by molar-refractivity contribution is 5.76. The summed E-state index contributed by atoms with van der Waals surface area (Å²) in [4.78, 5) is 17.5. The third kappa shape index (κ3) is 4.12. The van der Waals surface area contributed by atoms with Crippen LogP contribution < -0.4 is 0 Å². The minimum atomic E-state index is -0.745. The van der Waals surface area contributed by atoms with Gasteiger partial charge >= 0.3 is 5.97 Å². The van der Waals surface area contributed by atoms with Gasteiger partial charge in [0.15, 0.2) is 0 Å². The molecule has 3 aromatic rings. The Hall–Kier alpha value is -2.76. The minimum absolute atomic E-state index is 0.222. The van der Waals surface area contributed by atoms with E-state index in [9.17, 15) is 9.18 Å². The van der Waals surface area contributed by atoms with Crippen molar-refractivity contribution in [1.29, 1.82) is 0 Å². The molecule has 0 saturated heterocycles. The standard InChI is InChI=1S/C13H10FN3.C3H6O2/c14-12-7-11-3-6-17(13(11)16-8-12)9-10-1-4-15-5-2-10;1-2-3(4)5/h1-8H,9H2;2H2,1H3,(H,4,5). The summed E-state index contributed by atoms with van der Waals surface area (Å²) < 4.78 is 15.0. The number of rotatable bonds is 3. The highest BCUT2D eigenvalue weighted by atomic mass is 19.1. The number of hydrogen-bond donors (Lipinski definition) is 1. The second kappa shape index (κ2) is 7.31. The normalized spacial score (nSPS) is 10.1. The molecule has 114 valence electrons. The fourth-order valence-electron chi connectivity index (χ4n) is 1.86. The van der Waals surface area contributed by atoms with Crippen LogP contribution >= 0.6 is 0 Å². The molecule has 22 heavy (non-hydrogen) atoms. The van der Waals surface area contributed by atoms with Gasteiger partial charge in [-0.25, -0.2) is 9.37 Å². The first-order chi connectivity index (χ1) is 10.6. The average molecular weight is 301 g/mol. The van der Waals surface area contributed by atoms with Crippen LogP contribution in [0.3, 0.4) is 0 Å². The van der Waals surface area contributed by atoms with E-state index in [1.165, 1.54) is 12.3 Å². The Morgan fingerprint density at radius 3 is 2.64 bits per heavy atom. The van der Waals surface area contributed by atoms with Crippen molar-refractivity contribution in [1.82, 2.24) is 14.5 Å². The van der Waals surface area contributed by atoms with Crippen LogP contribution in [0, 0.1) is 5.82 Å². The predicted molar refractivity (Wildman–Crippen MR) is 81.0 cm³/mol. The van der Waals surface area contributed by atoms with Gasteiger partial charge in [0.2, 0.25) is 0 Å². The van der Waals surface area contributed by atoms with Crippen LogP contribution in [-0.2, 0) is 11.3 Å². The van der Waals surface area contributed by atoms with E-state index >= 15 is 0 Å². The highest BCUT2D eigenvalue weighted by Crippen LogP contribution is 2.15. The van der Waals surface area contributed by atoms with Crippen LogP contribution in [0.2, 0.25) is 0 Å². The zero-order valence-electron chi connectivity index (χ0n) is 12.1. The average Bonchev–Trinajstić information content (AvgIpc) is 2.91. The van der Waals surface area contributed by atoms with Crippen molar-refractivity contribution in [2.24, 2.45) is 0 Å². The van der Waals surface area contributed by atoms with Crippen molar-refractivity contribution in [2.45, 2.75) is 19.9 Å². The van der Waals surface area contributed by atoms with Gasteiger partial charge in [-0.15, -0.1) is 0 Å². The molecule has 0 unspecified atom stereocenters. The van der Waals surface area contributed by atoms with Gasteiger partial charge in [-0.1, -0.05) is 6.92 Å². The van der Waals surface area contributed by atoms with E-state index in [1.54, 1.807) is 19.3 Å². The highest BCUT2D eigenvalue weighted by Gasteiger charge is 2.04. The van der Waals surface area contributed by atoms with E-state index in [2.05, 4.69) is 9.97 Å². The van der Waals surface area contributed by atoms with E-state index in [-0.39, 0.29) is 12.2 Å². The number of halogens is 1. The van der Waals surface area contributed by atoms with E-state index in [0.717, 1.165) is 16.6 Å². The molecular weight excluding hydrogens is 285 g/mol. The largest absolute Gasteiger partial charge is 0.481 e. The van der Waals surface area contributed by atoms with Crippen LogP contribution in [0.15, 0.2) is 49.1 Å². The van der Waals surface area contributed by atoms with Crippen LogP contribution in [0.5, 0.6) is 0 Å². The summed E-state index contributed by atoms with van der Waals surface area (Å²) in [5.41, 5.74) is 1.94. The van der Waals surface area contributed by atoms with E-state index in [0.29, 0.717) is 6.54 Å². The van der Waals surface area contributed by atoms with Crippen molar-refractivity contribution in [3.63, 3.8) is 0 Å². The van der Waals surface area contributed by atoms with Gasteiger partial charge in [0.1, 0.15) is 11.5 Å². The quantitative estimate of drug-likeness (QED) is 0.807. The Morgan fingerprint density at radius 1 is 1.32 bits per heavy atom. The maximum atomic E-state index is 13.0. The first-order valence-corrected chi connectivity index (χ1v) is 6.81. The van der Waals surface area contributed by atoms with Gasteiger partial charge in [0, 0.05) is 36.9 Å². The zero-order valence-corrected chi connectivity index (χ0v) is 12.1. The SMILES string of the molecule is CCC(=O)O.Fc1cnc2c(ccn2Cc2ccncc2)c1. The lowest BCUT2D eigenvalue weighted by molar-refractivity contribution is -0.136. The van der Waals surface area contributed by atoms with Gasteiger partial charge in [0.25, 0.3) is 0 Å². The number of aliphatic carboxylic acids is 1. The van der Waals surface area contributed by atoms with Gasteiger partial charge in [-0.05, 0) is 29.8 Å². The number of hydrogen-bond acceptors (Lipinski definition) is 3. The number of carbonyl (C=O) groups is 1. The maximum Gasteiger partial charge on any atom is 0.303 e. The number of aromatic nitrogens is 3. The molecular formula is C16H16FN3O2. The molecule has 6 heteroatoms. The van der Waals surface area contributed by atoms with E-state index in [1.807, 2.05) is 29.0 Å². The van der Waals surface area contributed by atoms with Gasteiger partial charge in [0.05, 0.1) is 6.20 Å². The third-order valence-corrected chi connectivity index (χ3v) is 2.97. The molecule has 0 bridgehead atoms. The summed E-state index contributed by atoms with van der Waals surface area (Å²) in [5.74, 6) is -1.05. The van der Waals surface area contributed by atoms with Crippen LogP contribution in [0.4, 0.5) is 4.39 Å². The number of fused-ring (bicyclic) bond motifs is 1. The summed E-state index contributed by atoms with van der Waals surface area (Å²) in [7, 11) is 0. The summed E-state index contributed by atoms with van der Waals surface area (Å²) in [6.07, 6.45) is 6.89. The molecule has 1 N–H and O–H groups in total. The fraction of sp³-hybridized carbons (Fsp3) is 0.188. The molecule has 3 aromatic heterocycles. The summed E-state index contributed by atoms with van der Waals surface area (Å²) in [5, 5.41) is 8.54. The molecule has 0 aromatic carbocycles. The predicted octanol–water partition coefficient (Wildman–Crippen LogP) is 3.10. The Morgan fingerprint density at radius 2 is 2.00 bits per heavy atom. The van der Waals surface area contributed by atoms with Crippen LogP contribution in [-0.4, -0.2) is 25.6 Å². The Labute approximate surface area is 127 Å². The van der Waals surface area contributed by atoms with Gasteiger partial charge in [-0.2, -0.15) is 0 Å². The molecule has 0 radical (unpaired) electrons. The third-order valence-electron chi connectivity index (χ3n) is 2.97. The van der Waals surface area contributed by atoms with Gasteiger partial charge in [-0.3, -0.25) is 9.78 Å². The smallest absolute Gasteiger partial charge is 0.303 e. The van der Waals surface area contributed by atoms with Crippen molar-refractivity contribution < 1.29 is 14.3 Å². The molecule has 3 heterocycles. The lowest BCUT2D eigenvalue weighted by Crippen LogP contribution is -1.99. The molecule has 0 amide bonds. The second-order valence-corrected chi connectivity index (χ2v) is 4.61. The van der Waals surface area contributed by atoms with Crippen molar-refractivity contribution >= 4 is 17.0 Å². The van der Waals surface area contributed by atoms with Crippen molar-refractivity contribution in [2.75, 3.05) is 0 Å². The number of nitrogens with zero attached hydrogens (tertiary/aromatic N) is 3. The second-order valence-electron chi connectivity index (χ2n) is 4.61. The molecule has 0 aliphatic rings. The molecule has 0 spiro atoms. The van der Waals surface area contributed by atoms with Crippen LogP contribution in [0.25, 0.3) is 11.0 Å². The summed E-state index contributed by atoms with van der Waals surface area (Å²) in [6.45, 7) is 2.31. The molecule has 0 aliphatic heterocycles. The number of carboxylic acids is 1. The van der Waals surface area contributed by atoms with E-state index < -0.39 is 5.97 Å². The number of pyridine rings is 2. The monoisotopic (exact) mass is 301 g/mol. The Kier molecular flexibility index (Phi) is 5.19. The zero-order chi connectivity index (χ0) is 15.9. The molecule has 0 fully saturated rings. The maximum absolute atomic E-state index is 13.0. The van der Waals surface area contributed by atoms with Crippen molar-refractivity contribution in [3.05, 3.63) is 60.4 Å². The molecule has 0 saturated carbocycles. The Balaban J connectivity index is 0.000000309. The lowest BCUT2D eigenvalue weighted by Gasteiger charge is -2.04. The first-order valence-electron chi connectivity index (χ1n) is 6.81. The molecule has 5 nitrogen and oxygen atoms in total. The fourth-order valence-corrected chi connectivity index (χ4v) is 1.86. The lowest BCUT2D eigenvalue weighted by atomic mass is 10.3. The molecule has 0 atom stereocenters. The summed E-state index contributed by atoms with van der Waals surface area (Å²) >= 11 is 0. The number of carboxylic acid groups (broad SMARTS) is 1. The minimum Gasteiger partial charge on any atom is -0.481 e. The molecule has 3 rings (SSSR count). The molecule has 0 aliphatic carbocycles. The van der Waals surface area contributed by atoms with E-state index in [4.69, 9.17) is 5.11 Å².